The number of esters is 1. The maximum Gasteiger partial charge on any atom is 0.338 e. The fourth-order valence-electron chi connectivity index (χ4n) is 3.24. The van der Waals surface area contributed by atoms with Gasteiger partial charge in [-0.25, -0.2) is 4.79 Å². The monoisotopic (exact) mass is 473 g/mol. The molecule has 0 unspecified atom stereocenters. The number of carbonyl (C=O) groups excluding carboxylic acids is 2. The summed E-state index contributed by atoms with van der Waals surface area (Å²) in [5.74, 6) is 1.56. The smallest absolute Gasteiger partial charge is 0.338 e. The van der Waals surface area contributed by atoms with Gasteiger partial charge in [0.2, 0.25) is 0 Å². The zero-order valence-corrected chi connectivity index (χ0v) is 19.6. The van der Waals surface area contributed by atoms with Crippen molar-refractivity contribution < 1.29 is 38.0 Å². The van der Waals surface area contributed by atoms with Crippen LogP contribution in [0.1, 0.15) is 24.2 Å². The number of ether oxygens (including phenoxy) is 6. The third kappa shape index (κ3) is 7.55. The molecule has 0 bridgehead atoms. The second-order valence-electron chi connectivity index (χ2n) is 7.27. The number of carbonyl (C=O) groups is 2. The summed E-state index contributed by atoms with van der Waals surface area (Å²) in [6.07, 6.45) is 0. The number of nitrogens with zero attached hydrogens (tertiary/aromatic N) is 1. The van der Waals surface area contributed by atoms with Crippen LogP contribution in [-0.2, 0) is 14.3 Å². The topological polar surface area (TPSA) is 92.8 Å². The highest BCUT2D eigenvalue weighted by Crippen LogP contribution is 2.29. The van der Waals surface area contributed by atoms with E-state index in [1.165, 1.54) is 0 Å². The van der Waals surface area contributed by atoms with E-state index in [-0.39, 0.29) is 25.7 Å². The number of hydrogen-bond donors (Lipinski definition) is 0. The third-order valence-electron chi connectivity index (χ3n) is 4.91. The van der Waals surface area contributed by atoms with Crippen LogP contribution in [0.3, 0.4) is 0 Å². The summed E-state index contributed by atoms with van der Waals surface area (Å²) in [5.41, 5.74) is 0.316. The molecule has 9 nitrogen and oxygen atoms in total. The maximum atomic E-state index is 12.4. The third-order valence-corrected chi connectivity index (χ3v) is 4.91. The fraction of sp³-hybridized carbons (Fsp3) is 0.440. The van der Waals surface area contributed by atoms with Crippen molar-refractivity contribution in [3.05, 3.63) is 48.0 Å². The largest absolute Gasteiger partial charge is 0.494 e. The van der Waals surface area contributed by atoms with Gasteiger partial charge in [-0.1, -0.05) is 0 Å². The Morgan fingerprint density at radius 2 is 1.50 bits per heavy atom. The fourth-order valence-corrected chi connectivity index (χ4v) is 3.24. The van der Waals surface area contributed by atoms with E-state index in [4.69, 9.17) is 28.4 Å². The Kier molecular flexibility index (Phi) is 9.84. The van der Waals surface area contributed by atoms with Gasteiger partial charge in [0.15, 0.2) is 18.1 Å². The highest BCUT2D eigenvalue weighted by molar-refractivity contribution is 5.90. The second-order valence-corrected chi connectivity index (χ2v) is 7.27. The van der Waals surface area contributed by atoms with Gasteiger partial charge in [0.25, 0.3) is 5.91 Å². The zero-order chi connectivity index (χ0) is 24.2. The van der Waals surface area contributed by atoms with Gasteiger partial charge in [-0.05, 0) is 56.3 Å². The number of hydrogen-bond acceptors (Lipinski definition) is 8. The molecule has 184 valence electrons. The Morgan fingerprint density at radius 3 is 2.18 bits per heavy atom. The first-order valence-electron chi connectivity index (χ1n) is 11.4. The Morgan fingerprint density at radius 1 is 0.824 bits per heavy atom. The summed E-state index contributed by atoms with van der Waals surface area (Å²) in [6.45, 7) is 7.05. The van der Waals surface area contributed by atoms with Crippen molar-refractivity contribution in [2.24, 2.45) is 0 Å². The average Bonchev–Trinajstić information content (AvgIpc) is 2.87. The van der Waals surface area contributed by atoms with Crippen LogP contribution in [-0.4, -0.2) is 76.1 Å². The molecule has 1 fully saturated rings. The lowest BCUT2D eigenvalue weighted by molar-refractivity contribution is -0.137. The predicted molar refractivity (Wildman–Crippen MR) is 124 cm³/mol. The van der Waals surface area contributed by atoms with Crippen molar-refractivity contribution in [1.29, 1.82) is 0 Å². The highest BCUT2D eigenvalue weighted by atomic mass is 16.6. The first-order chi connectivity index (χ1) is 16.6. The first-order valence-corrected chi connectivity index (χ1v) is 11.4. The van der Waals surface area contributed by atoms with E-state index in [1.807, 2.05) is 26.0 Å². The summed E-state index contributed by atoms with van der Waals surface area (Å²) in [7, 11) is 0. The lowest BCUT2D eigenvalue weighted by atomic mass is 10.2. The van der Waals surface area contributed by atoms with E-state index in [0.29, 0.717) is 62.3 Å². The van der Waals surface area contributed by atoms with E-state index in [2.05, 4.69) is 0 Å². The number of benzene rings is 2. The molecule has 1 saturated heterocycles. The number of rotatable bonds is 12. The van der Waals surface area contributed by atoms with E-state index in [0.717, 1.165) is 5.75 Å². The van der Waals surface area contributed by atoms with Gasteiger partial charge in [-0.3, -0.25) is 4.79 Å². The van der Waals surface area contributed by atoms with Crippen LogP contribution in [0.15, 0.2) is 42.5 Å². The van der Waals surface area contributed by atoms with Crippen LogP contribution in [0.25, 0.3) is 0 Å². The molecule has 0 saturated carbocycles. The molecular formula is C25H31NO8. The van der Waals surface area contributed by atoms with Crippen LogP contribution in [0, 0.1) is 0 Å². The first kappa shape index (κ1) is 25.2. The van der Waals surface area contributed by atoms with Crippen molar-refractivity contribution in [2.45, 2.75) is 13.8 Å². The van der Waals surface area contributed by atoms with Crippen molar-refractivity contribution in [1.82, 2.24) is 4.90 Å². The lowest BCUT2D eigenvalue weighted by Gasteiger charge is -2.26. The molecule has 1 aliphatic heterocycles. The van der Waals surface area contributed by atoms with Gasteiger partial charge >= 0.3 is 5.97 Å². The van der Waals surface area contributed by atoms with Crippen molar-refractivity contribution in [3.8, 4) is 23.0 Å². The Bertz CT molecular complexity index is 925. The van der Waals surface area contributed by atoms with Gasteiger partial charge in [0.05, 0.1) is 32.0 Å². The standard InChI is InChI=1S/C25H31NO8/c1-3-30-20-6-8-21(9-7-20)32-15-16-33-25(28)19-5-10-22(23(17-19)31-4-2)34-18-24(27)26-11-13-29-14-12-26/h5-10,17H,3-4,11-16,18H2,1-2H3. The molecule has 0 spiro atoms. The molecule has 0 aromatic heterocycles. The Hall–Kier alpha value is -3.46. The highest BCUT2D eigenvalue weighted by Gasteiger charge is 2.19. The Labute approximate surface area is 199 Å². The van der Waals surface area contributed by atoms with Crippen molar-refractivity contribution in [3.63, 3.8) is 0 Å². The molecule has 34 heavy (non-hydrogen) atoms. The van der Waals surface area contributed by atoms with Gasteiger partial charge in [0.1, 0.15) is 24.7 Å². The number of amides is 1. The van der Waals surface area contributed by atoms with Crippen LogP contribution in [0.5, 0.6) is 23.0 Å². The minimum Gasteiger partial charge on any atom is -0.494 e. The van der Waals surface area contributed by atoms with E-state index < -0.39 is 5.97 Å². The lowest BCUT2D eigenvalue weighted by Crippen LogP contribution is -2.43. The molecule has 2 aromatic carbocycles. The van der Waals surface area contributed by atoms with Crippen LogP contribution >= 0.6 is 0 Å². The van der Waals surface area contributed by atoms with E-state index in [1.54, 1.807) is 35.2 Å². The summed E-state index contributed by atoms with van der Waals surface area (Å²) in [4.78, 5) is 26.5. The minimum atomic E-state index is -0.507. The van der Waals surface area contributed by atoms with Crippen LogP contribution in [0.4, 0.5) is 0 Å². The van der Waals surface area contributed by atoms with Crippen molar-refractivity contribution >= 4 is 11.9 Å². The van der Waals surface area contributed by atoms with Crippen molar-refractivity contribution in [2.75, 3.05) is 59.3 Å². The number of morpholine rings is 1. The van der Waals surface area contributed by atoms with Gasteiger partial charge < -0.3 is 33.3 Å². The van der Waals surface area contributed by atoms with E-state index in [9.17, 15) is 9.59 Å². The molecule has 2 aromatic rings. The van der Waals surface area contributed by atoms with Crippen LogP contribution in [0.2, 0.25) is 0 Å². The predicted octanol–water partition coefficient (Wildman–Crippen LogP) is 2.96. The molecule has 1 heterocycles. The van der Waals surface area contributed by atoms with Crippen LogP contribution < -0.4 is 18.9 Å². The molecule has 3 rings (SSSR count). The summed E-state index contributed by atoms with van der Waals surface area (Å²) >= 11 is 0. The average molecular weight is 474 g/mol. The molecule has 0 radical (unpaired) electrons. The molecule has 0 aliphatic carbocycles. The molecule has 1 aliphatic rings. The summed E-state index contributed by atoms with van der Waals surface area (Å²) in [5, 5.41) is 0. The normalized spacial score (nSPS) is 13.2. The van der Waals surface area contributed by atoms with E-state index >= 15 is 0 Å². The zero-order valence-electron chi connectivity index (χ0n) is 19.6. The molecule has 0 atom stereocenters. The van der Waals surface area contributed by atoms with Gasteiger partial charge in [0, 0.05) is 13.1 Å². The van der Waals surface area contributed by atoms with Gasteiger partial charge in [-0.2, -0.15) is 0 Å². The summed E-state index contributed by atoms with van der Waals surface area (Å²) < 4.78 is 32.8. The second kappa shape index (κ2) is 13.3. The maximum absolute atomic E-state index is 12.4. The molecule has 1 amide bonds. The molecular weight excluding hydrogens is 442 g/mol. The molecule has 9 heteroatoms. The quantitative estimate of drug-likeness (QED) is 0.343. The SMILES string of the molecule is CCOc1ccc(OCCOC(=O)c2ccc(OCC(=O)N3CCOCC3)c(OCC)c2)cc1. The van der Waals surface area contributed by atoms with Gasteiger partial charge in [-0.15, -0.1) is 0 Å². The Balaban J connectivity index is 1.48. The summed E-state index contributed by atoms with van der Waals surface area (Å²) in [6, 6.07) is 12.0. The molecule has 0 N–H and O–H groups in total. The minimum absolute atomic E-state index is 0.0856.